The largest absolute Gasteiger partial charge is 0.493 e. The van der Waals surface area contributed by atoms with Crippen LogP contribution in [0.25, 0.3) is 22.0 Å². The van der Waals surface area contributed by atoms with Crippen molar-refractivity contribution in [1.82, 2.24) is 4.98 Å². The molecule has 158 valence electrons. The molecule has 1 N–H and O–H groups in total. The van der Waals surface area contributed by atoms with E-state index < -0.39 is 0 Å². The Balaban J connectivity index is 1.58. The van der Waals surface area contributed by atoms with E-state index in [9.17, 15) is 4.79 Å². The van der Waals surface area contributed by atoms with Gasteiger partial charge in [0.05, 0.1) is 13.7 Å². The Bertz CT molecular complexity index is 1200. The zero-order valence-electron chi connectivity index (χ0n) is 17.4. The number of hydrogen-bond acceptors (Lipinski definition) is 3. The number of carbonyl (C=O) groups excluding carboxylic acids is 1. The number of aromatic nitrogens is 1. The first kappa shape index (κ1) is 21.0. The number of hydrogen-bond donors (Lipinski definition) is 1. The van der Waals surface area contributed by atoms with Gasteiger partial charge in [0.1, 0.15) is 5.75 Å². The highest BCUT2D eigenvalue weighted by atomic mass is 35.5. The van der Waals surface area contributed by atoms with E-state index in [0.717, 1.165) is 50.3 Å². The molecule has 4 rings (SSSR count). The molecule has 0 bridgehead atoms. The van der Waals surface area contributed by atoms with Crippen LogP contribution in [0.15, 0.2) is 72.9 Å². The molecule has 0 saturated heterocycles. The Morgan fingerprint density at radius 3 is 2.68 bits per heavy atom. The van der Waals surface area contributed by atoms with Gasteiger partial charge in [0.15, 0.2) is 0 Å². The molecule has 0 atom stereocenters. The maximum atomic E-state index is 11.6. The number of benzene rings is 3. The van der Waals surface area contributed by atoms with E-state index >= 15 is 0 Å². The van der Waals surface area contributed by atoms with E-state index in [-0.39, 0.29) is 5.97 Å². The maximum Gasteiger partial charge on any atom is 0.305 e. The third-order valence-electron chi connectivity index (χ3n) is 5.29. The second-order valence-corrected chi connectivity index (χ2v) is 7.85. The summed E-state index contributed by atoms with van der Waals surface area (Å²) < 4.78 is 11.0. The van der Waals surface area contributed by atoms with Crippen LogP contribution in [0.3, 0.4) is 0 Å². The van der Waals surface area contributed by atoms with Gasteiger partial charge < -0.3 is 14.5 Å². The molecule has 0 saturated carbocycles. The maximum absolute atomic E-state index is 11.6. The number of methoxy groups -OCH3 is 1. The van der Waals surface area contributed by atoms with Crippen molar-refractivity contribution in [2.45, 2.75) is 19.3 Å². The molecule has 1 aromatic heterocycles. The number of ether oxygens (including phenoxy) is 2. The Morgan fingerprint density at radius 2 is 1.84 bits per heavy atom. The molecule has 0 radical (unpaired) electrons. The molecule has 0 unspecified atom stereocenters. The third-order valence-corrected chi connectivity index (χ3v) is 5.53. The van der Waals surface area contributed by atoms with Gasteiger partial charge in [0.25, 0.3) is 0 Å². The average molecular weight is 434 g/mol. The van der Waals surface area contributed by atoms with Gasteiger partial charge in [-0.3, -0.25) is 4.79 Å². The number of nitrogens with one attached hydrogen (secondary N) is 1. The lowest BCUT2D eigenvalue weighted by Crippen LogP contribution is -2.04. The average Bonchev–Trinajstić information content (AvgIpc) is 3.26. The van der Waals surface area contributed by atoms with Crippen molar-refractivity contribution in [2.75, 3.05) is 13.7 Å². The van der Waals surface area contributed by atoms with Gasteiger partial charge >= 0.3 is 5.97 Å². The summed E-state index contributed by atoms with van der Waals surface area (Å²) in [7, 11) is 1.41. The molecule has 0 aliphatic rings. The molecule has 3 aromatic carbocycles. The molecule has 0 aliphatic carbocycles. The lowest BCUT2D eigenvalue weighted by Gasteiger charge is -2.14. The quantitative estimate of drug-likeness (QED) is 0.336. The molecule has 0 aliphatic heterocycles. The number of aryl methyl sites for hydroxylation is 1. The van der Waals surface area contributed by atoms with Gasteiger partial charge in [0, 0.05) is 35.1 Å². The molecule has 0 fully saturated rings. The van der Waals surface area contributed by atoms with E-state index in [4.69, 9.17) is 21.1 Å². The van der Waals surface area contributed by atoms with Crippen molar-refractivity contribution >= 4 is 28.5 Å². The first-order chi connectivity index (χ1) is 15.1. The highest BCUT2D eigenvalue weighted by Gasteiger charge is 2.11. The van der Waals surface area contributed by atoms with E-state index in [1.807, 2.05) is 42.6 Å². The Labute approximate surface area is 186 Å². The predicted octanol–water partition coefficient (Wildman–Crippen LogP) is 6.22. The zero-order valence-corrected chi connectivity index (χ0v) is 18.1. The van der Waals surface area contributed by atoms with Gasteiger partial charge in [-0.1, -0.05) is 35.9 Å². The highest BCUT2D eigenvalue weighted by Crippen LogP contribution is 2.33. The number of fused-ring (bicyclic) bond motifs is 1. The first-order valence-electron chi connectivity index (χ1n) is 10.3. The van der Waals surface area contributed by atoms with E-state index in [1.165, 1.54) is 7.11 Å². The van der Waals surface area contributed by atoms with Crippen LogP contribution in [0.5, 0.6) is 5.75 Å². The molecule has 0 spiro atoms. The van der Waals surface area contributed by atoms with Crippen LogP contribution >= 0.6 is 11.6 Å². The van der Waals surface area contributed by atoms with Crippen molar-refractivity contribution in [1.29, 1.82) is 0 Å². The van der Waals surface area contributed by atoms with Gasteiger partial charge in [-0.25, -0.2) is 0 Å². The van der Waals surface area contributed by atoms with Crippen LogP contribution in [-0.2, 0) is 22.4 Å². The normalized spacial score (nSPS) is 10.9. The smallest absolute Gasteiger partial charge is 0.305 e. The summed E-state index contributed by atoms with van der Waals surface area (Å²) in [6, 6.07) is 22.3. The summed E-state index contributed by atoms with van der Waals surface area (Å²) in [4.78, 5) is 14.8. The minimum atomic E-state index is -0.211. The number of carbonyl (C=O) groups is 1. The van der Waals surface area contributed by atoms with Gasteiger partial charge in [-0.05, 0) is 71.0 Å². The van der Waals surface area contributed by atoms with E-state index in [0.29, 0.717) is 19.4 Å². The summed E-state index contributed by atoms with van der Waals surface area (Å²) in [5.41, 5.74) is 5.38. The lowest BCUT2D eigenvalue weighted by molar-refractivity contribution is -0.140. The van der Waals surface area contributed by atoms with Crippen molar-refractivity contribution in [3.63, 3.8) is 0 Å². The first-order valence-corrected chi connectivity index (χ1v) is 10.6. The van der Waals surface area contributed by atoms with Crippen molar-refractivity contribution < 1.29 is 14.3 Å². The molecule has 4 aromatic rings. The molecule has 1 heterocycles. The fourth-order valence-corrected chi connectivity index (χ4v) is 3.84. The summed E-state index contributed by atoms with van der Waals surface area (Å²) in [6.07, 6.45) is 3.67. The number of halogens is 1. The minimum Gasteiger partial charge on any atom is -0.493 e. The Kier molecular flexibility index (Phi) is 6.58. The van der Waals surface area contributed by atoms with Gasteiger partial charge in [-0.15, -0.1) is 0 Å². The SMILES string of the molecule is COC(=O)CCc1ccc(OCCc2cccc(Cl)c2)c(-c2ccc3[nH]ccc3c2)c1. The van der Waals surface area contributed by atoms with Crippen molar-refractivity contribution in [2.24, 2.45) is 0 Å². The number of rotatable bonds is 8. The monoisotopic (exact) mass is 433 g/mol. The molecule has 0 amide bonds. The van der Waals surface area contributed by atoms with Crippen LogP contribution in [-0.4, -0.2) is 24.7 Å². The van der Waals surface area contributed by atoms with Crippen LogP contribution in [0.4, 0.5) is 0 Å². The highest BCUT2D eigenvalue weighted by molar-refractivity contribution is 6.30. The van der Waals surface area contributed by atoms with Crippen LogP contribution in [0.2, 0.25) is 5.02 Å². The van der Waals surface area contributed by atoms with E-state index in [2.05, 4.69) is 35.3 Å². The Morgan fingerprint density at radius 1 is 0.968 bits per heavy atom. The second-order valence-electron chi connectivity index (χ2n) is 7.41. The van der Waals surface area contributed by atoms with Gasteiger partial charge in [-0.2, -0.15) is 0 Å². The van der Waals surface area contributed by atoms with E-state index in [1.54, 1.807) is 0 Å². The fraction of sp³-hybridized carbons (Fsp3) is 0.192. The van der Waals surface area contributed by atoms with Crippen molar-refractivity contribution in [3.8, 4) is 16.9 Å². The van der Waals surface area contributed by atoms with Crippen LogP contribution in [0.1, 0.15) is 17.5 Å². The fourth-order valence-electron chi connectivity index (χ4n) is 3.62. The summed E-state index contributed by atoms with van der Waals surface area (Å²) in [5.74, 6) is 0.607. The summed E-state index contributed by atoms with van der Waals surface area (Å²) >= 11 is 6.09. The zero-order chi connectivity index (χ0) is 21.6. The number of H-pyrrole nitrogens is 1. The Hall–Kier alpha value is -3.24. The number of aromatic amines is 1. The summed E-state index contributed by atoms with van der Waals surface area (Å²) in [5, 5.41) is 1.87. The van der Waals surface area contributed by atoms with Gasteiger partial charge in [0.2, 0.25) is 0 Å². The van der Waals surface area contributed by atoms with Crippen molar-refractivity contribution in [3.05, 3.63) is 89.1 Å². The third kappa shape index (κ3) is 5.28. The van der Waals surface area contributed by atoms with Crippen LogP contribution < -0.4 is 4.74 Å². The minimum absolute atomic E-state index is 0.211. The molecular weight excluding hydrogens is 410 g/mol. The molecule has 5 heteroatoms. The molecule has 31 heavy (non-hydrogen) atoms. The number of esters is 1. The van der Waals surface area contributed by atoms with Crippen LogP contribution in [0, 0.1) is 0 Å². The summed E-state index contributed by atoms with van der Waals surface area (Å²) in [6.45, 7) is 0.543. The molecule has 4 nitrogen and oxygen atoms in total. The lowest BCUT2D eigenvalue weighted by atomic mass is 9.98. The predicted molar refractivity (Wildman–Crippen MR) is 125 cm³/mol. The standard InChI is InChI=1S/C26H24ClNO3/c1-30-26(29)10-6-19-5-9-25(31-14-12-18-3-2-4-22(27)15-18)23(16-19)20-7-8-24-21(17-20)11-13-28-24/h2-5,7-9,11,13,15-17,28H,6,10,12,14H2,1H3. The topological polar surface area (TPSA) is 51.3 Å². The molecular formula is C26H24ClNO3. The second kappa shape index (κ2) is 9.71.